The molecule has 2 aromatic carbocycles. The number of amides is 1. The predicted octanol–water partition coefficient (Wildman–Crippen LogP) is 4.45. The van der Waals surface area contributed by atoms with E-state index in [1.807, 2.05) is 12.1 Å². The van der Waals surface area contributed by atoms with Crippen LogP contribution < -0.4 is 5.32 Å². The van der Waals surface area contributed by atoms with Gasteiger partial charge in [-0.15, -0.1) is 0 Å². The molecular weight excluding hydrogens is 315 g/mol. The Hall–Kier alpha value is -2.75. The molecule has 0 aromatic heterocycles. The Morgan fingerprint density at radius 1 is 1.04 bits per heavy atom. The molecule has 0 unspecified atom stereocenters. The van der Waals surface area contributed by atoms with Crippen molar-refractivity contribution in [2.75, 3.05) is 0 Å². The van der Waals surface area contributed by atoms with Crippen LogP contribution in [0.15, 0.2) is 59.2 Å². The largest absolute Gasteiger partial charge is 0.309 e. The minimum Gasteiger partial charge on any atom is -0.309 e. The first-order chi connectivity index (χ1) is 12.0. The minimum absolute atomic E-state index is 0.179. The summed E-state index contributed by atoms with van der Waals surface area (Å²) in [5, 5.41) is 2.80. The maximum atomic E-state index is 12.9. The molecule has 2 aromatic rings. The van der Waals surface area contributed by atoms with E-state index in [9.17, 15) is 9.18 Å². The standard InChI is InChI=1S/C21H21FN2O/c1-14(2)17-8-3-16(4-9-17)13-19-21(25)24-20(23-19)12-7-15-5-10-18(22)11-6-15/h3-6,8-11,13-14H,7,12H2,1-2H3,(H,23,24,25)/b19-13+. The van der Waals surface area contributed by atoms with Crippen LogP contribution in [0.25, 0.3) is 6.08 Å². The monoisotopic (exact) mass is 336 g/mol. The van der Waals surface area contributed by atoms with Gasteiger partial charge in [-0.1, -0.05) is 50.2 Å². The Bertz CT molecular complexity index is 818. The molecule has 0 aliphatic carbocycles. The Kier molecular flexibility index (Phi) is 5.08. The molecule has 128 valence electrons. The molecule has 0 radical (unpaired) electrons. The lowest BCUT2D eigenvalue weighted by atomic mass is 10.0. The lowest BCUT2D eigenvalue weighted by molar-refractivity contribution is -0.115. The third kappa shape index (κ3) is 4.41. The highest BCUT2D eigenvalue weighted by molar-refractivity contribution is 6.14. The summed E-state index contributed by atoms with van der Waals surface area (Å²) in [7, 11) is 0. The second kappa shape index (κ2) is 7.43. The van der Waals surface area contributed by atoms with Crippen molar-refractivity contribution in [3.8, 4) is 0 Å². The zero-order chi connectivity index (χ0) is 17.8. The van der Waals surface area contributed by atoms with Crippen molar-refractivity contribution in [3.63, 3.8) is 0 Å². The van der Waals surface area contributed by atoms with Crippen molar-refractivity contribution in [2.24, 2.45) is 4.99 Å². The smallest absolute Gasteiger partial charge is 0.275 e. The molecule has 3 rings (SSSR count). The van der Waals surface area contributed by atoms with Gasteiger partial charge in [-0.05, 0) is 47.2 Å². The maximum Gasteiger partial charge on any atom is 0.275 e. The van der Waals surface area contributed by atoms with Gasteiger partial charge in [0.1, 0.15) is 17.3 Å². The predicted molar refractivity (Wildman–Crippen MR) is 98.8 cm³/mol. The van der Waals surface area contributed by atoms with E-state index in [0.29, 0.717) is 30.3 Å². The SMILES string of the molecule is CC(C)c1ccc(/C=C2/N=C(CCc3ccc(F)cc3)NC2=O)cc1. The van der Waals surface area contributed by atoms with Gasteiger partial charge >= 0.3 is 0 Å². The van der Waals surface area contributed by atoms with Crippen LogP contribution in [0.3, 0.4) is 0 Å². The van der Waals surface area contributed by atoms with Gasteiger partial charge in [-0.2, -0.15) is 0 Å². The third-order valence-electron chi connectivity index (χ3n) is 4.22. The van der Waals surface area contributed by atoms with Crippen molar-refractivity contribution in [3.05, 3.63) is 76.7 Å². The van der Waals surface area contributed by atoms with Crippen LogP contribution in [0, 0.1) is 5.82 Å². The summed E-state index contributed by atoms with van der Waals surface area (Å²) >= 11 is 0. The summed E-state index contributed by atoms with van der Waals surface area (Å²) in [6.07, 6.45) is 3.11. The zero-order valence-electron chi connectivity index (χ0n) is 14.4. The van der Waals surface area contributed by atoms with Crippen LogP contribution in [0.5, 0.6) is 0 Å². The molecule has 0 fully saturated rings. The molecule has 0 saturated carbocycles. The van der Waals surface area contributed by atoms with Crippen molar-refractivity contribution < 1.29 is 9.18 Å². The number of carbonyl (C=O) groups is 1. The molecular formula is C21H21FN2O. The third-order valence-corrected chi connectivity index (χ3v) is 4.22. The van der Waals surface area contributed by atoms with Crippen molar-refractivity contribution >= 4 is 17.8 Å². The van der Waals surface area contributed by atoms with Gasteiger partial charge in [0.15, 0.2) is 0 Å². The van der Waals surface area contributed by atoms with Crippen LogP contribution in [0.4, 0.5) is 4.39 Å². The number of nitrogens with zero attached hydrogens (tertiary/aromatic N) is 1. The maximum absolute atomic E-state index is 12.9. The Labute approximate surface area is 147 Å². The normalized spacial score (nSPS) is 15.6. The average Bonchev–Trinajstić information content (AvgIpc) is 2.94. The van der Waals surface area contributed by atoms with Gasteiger partial charge in [0, 0.05) is 6.42 Å². The molecule has 25 heavy (non-hydrogen) atoms. The first kappa shape index (κ1) is 17.1. The fraction of sp³-hybridized carbons (Fsp3) is 0.238. The summed E-state index contributed by atoms with van der Waals surface area (Å²) in [6.45, 7) is 4.30. The fourth-order valence-electron chi connectivity index (χ4n) is 2.68. The highest BCUT2D eigenvalue weighted by Gasteiger charge is 2.19. The number of hydrogen-bond donors (Lipinski definition) is 1. The molecule has 1 N–H and O–H groups in total. The van der Waals surface area contributed by atoms with Crippen molar-refractivity contribution in [2.45, 2.75) is 32.6 Å². The molecule has 1 heterocycles. The zero-order valence-corrected chi connectivity index (χ0v) is 14.4. The van der Waals surface area contributed by atoms with Crippen LogP contribution in [-0.2, 0) is 11.2 Å². The van der Waals surface area contributed by atoms with E-state index in [-0.39, 0.29) is 11.7 Å². The van der Waals surface area contributed by atoms with E-state index < -0.39 is 0 Å². The van der Waals surface area contributed by atoms with Crippen LogP contribution in [0.1, 0.15) is 42.9 Å². The lowest BCUT2D eigenvalue weighted by Gasteiger charge is -2.04. The van der Waals surface area contributed by atoms with Crippen LogP contribution in [-0.4, -0.2) is 11.7 Å². The van der Waals surface area contributed by atoms with Gasteiger partial charge < -0.3 is 5.32 Å². The topological polar surface area (TPSA) is 41.5 Å². The molecule has 0 atom stereocenters. The van der Waals surface area contributed by atoms with Crippen molar-refractivity contribution in [1.82, 2.24) is 5.32 Å². The summed E-state index contributed by atoms with van der Waals surface area (Å²) in [5.74, 6) is 0.706. The quantitative estimate of drug-likeness (QED) is 0.805. The molecule has 1 aliphatic heterocycles. The van der Waals surface area contributed by atoms with E-state index in [1.54, 1.807) is 18.2 Å². The van der Waals surface area contributed by atoms with E-state index >= 15 is 0 Å². The Balaban J connectivity index is 1.67. The summed E-state index contributed by atoms with van der Waals surface area (Å²) < 4.78 is 12.9. The number of amidine groups is 1. The highest BCUT2D eigenvalue weighted by atomic mass is 19.1. The molecule has 0 spiro atoms. The highest BCUT2D eigenvalue weighted by Crippen LogP contribution is 2.18. The van der Waals surface area contributed by atoms with Gasteiger partial charge in [-0.25, -0.2) is 9.38 Å². The summed E-state index contributed by atoms with van der Waals surface area (Å²) in [4.78, 5) is 16.5. The second-order valence-corrected chi connectivity index (χ2v) is 6.49. The second-order valence-electron chi connectivity index (χ2n) is 6.49. The molecule has 0 bridgehead atoms. The number of hydrogen-bond acceptors (Lipinski definition) is 2. The molecule has 3 nitrogen and oxygen atoms in total. The van der Waals surface area contributed by atoms with E-state index in [2.05, 4.69) is 36.3 Å². The number of benzene rings is 2. The van der Waals surface area contributed by atoms with E-state index in [1.165, 1.54) is 17.7 Å². The van der Waals surface area contributed by atoms with Crippen molar-refractivity contribution in [1.29, 1.82) is 0 Å². The molecule has 4 heteroatoms. The molecule has 1 amide bonds. The Morgan fingerprint density at radius 3 is 2.36 bits per heavy atom. The van der Waals surface area contributed by atoms with Gasteiger partial charge in [-0.3, -0.25) is 4.79 Å². The number of nitrogens with one attached hydrogen (secondary N) is 1. The molecule has 1 aliphatic rings. The number of aryl methyl sites for hydroxylation is 1. The lowest BCUT2D eigenvalue weighted by Crippen LogP contribution is -2.24. The number of halogens is 1. The number of carbonyl (C=O) groups excluding carboxylic acids is 1. The van der Waals surface area contributed by atoms with Gasteiger partial charge in [0.25, 0.3) is 5.91 Å². The van der Waals surface area contributed by atoms with E-state index in [0.717, 1.165) is 11.1 Å². The molecule has 0 saturated heterocycles. The first-order valence-electron chi connectivity index (χ1n) is 8.46. The first-order valence-corrected chi connectivity index (χ1v) is 8.46. The average molecular weight is 336 g/mol. The summed E-state index contributed by atoms with van der Waals surface area (Å²) in [6, 6.07) is 14.5. The number of rotatable bonds is 5. The number of aliphatic imine (C=N–C) groups is 1. The Morgan fingerprint density at radius 2 is 1.72 bits per heavy atom. The van der Waals surface area contributed by atoms with Gasteiger partial charge in [0.2, 0.25) is 0 Å². The fourth-order valence-corrected chi connectivity index (χ4v) is 2.68. The van der Waals surface area contributed by atoms with Crippen LogP contribution >= 0.6 is 0 Å². The minimum atomic E-state index is -0.246. The van der Waals surface area contributed by atoms with Crippen LogP contribution in [0.2, 0.25) is 0 Å². The summed E-state index contributed by atoms with van der Waals surface area (Å²) in [5.41, 5.74) is 3.66. The van der Waals surface area contributed by atoms with E-state index in [4.69, 9.17) is 0 Å². The van der Waals surface area contributed by atoms with Gasteiger partial charge in [0.05, 0.1) is 0 Å².